The van der Waals surface area contributed by atoms with E-state index < -0.39 is 0 Å². The summed E-state index contributed by atoms with van der Waals surface area (Å²) < 4.78 is 0. The second kappa shape index (κ2) is 4.54. The molecule has 3 heteroatoms. The molecule has 0 unspecified atom stereocenters. The largest absolute Gasteiger partial charge is 0.384 e. The maximum absolute atomic E-state index is 6.11. The van der Waals surface area contributed by atoms with Crippen molar-refractivity contribution in [1.82, 2.24) is 4.98 Å². The van der Waals surface area contributed by atoms with E-state index >= 15 is 0 Å². The van der Waals surface area contributed by atoms with Gasteiger partial charge in [-0.05, 0) is 23.6 Å². The van der Waals surface area contributed by atoms with Crippen LogP contribution in [0.4, 0.5) is 5.82 Å². The smallest absolute Gasteiger partial charge is 0.124 e. The molecule has 2 N–H and O–H groups in total. The van der Waals surface area contributed by atoms with Crippen LogP contribution in [0, 0.1) is 0 Å². The van der Waals surface area contributed by atoms with Crippen molar-refractivity contribution in [1.29, 1.82) is 0 Å². The highest BCUT2D eigenvalue weighted by molar-refractivity contribution is 6.33. The lowest BCUT2D eigenvalue weighted by Crippen LogP contribution is -1.91. The molecule has 0 aliphatic heterocycles. The molecule has 2 rings (SSSR count). The zero-order chi connectivity index (χ0) is 11.5. The van der Waals surface area contributed by atoms with Crippen molar-refractivity contribution in [2.24, 2.45) is 0 Å². The minimum atomic E-state index is 0.487. The van der Waals surface area contributed by atoms with E-state index in [4.69, 9.17) is 17.3 Å². The number of rotatable bonds is 2. The van der Waals surface area contributed by atoms with Crippen molar-refractivity contribution in [2.75, 3.05) is 5.73 Å². The number of nitrogens with two attached hydrogens (primary N) is 1. The van der Waals surface area contributed by atoms with E-state index in [-0.39, 0.29) is 0 Å². The van der Waals surface area contributed by atoms with Crippen molar-refractivity contribution in [3.63, 3.8) is 0 Å². The number of benzene rings is 1. The first-order chi connectivity index (χ1) is 7.70. The lowest BCUT2D eigenvalue weighted by atomic mass is 10.0. The molecule has 1 aromatic heterocycles. The molecule has 1 aromatic carbocycles. The van der Waals surface area contributed by atoms with Gasteiger partial charge in [-0.2, -0.15) is 0 Å². The van der Waals surface area contributed by atoms with Crippen LogP contribution >= 0.6 is 11.6 Å². The summed E-state index contributed by atoms with van der Waals surface area (Å²) in [7, 11) is 0. The molecule has 0 spiro atoms. The van der Waals surface area contributed by atoms with Gasteiger partial charge in [0, 0.05) is 11.8 Å². The Morgan fingerprint density at radius 3 is 2.88 bits per heavy atom. The molecule has 0 fully saturated rings. The van der Waals surface area contributed by atoms with Crippen molar-refractivity contribution in [2.45, 2.75) is 13.3 Å². The molecular weight excluding hydrogens is 220 g/mol. The molecule has 2 nitrogen and oxygen atoms in total. The number of aryl methyl sites for hydroxylation is 1. The highest BCUT2D eigenvalue weighted by atomic mass is 35.5. The Balaban J connectivity index is 2.53. The van der Waals surface area contributed by atoms with Gasteiger partial charge in [-0.25, -0.2) is 4.98 Å². The summed E-state index contributed by atoms with van der Waals surface area (Å²) in [5.74, 6) is 0.487. The molecule has 0 radical (unpaired) electrons. The molecule has 2 aromatic rings. The lowest BCUT2D eigenvalue weighted by Gasteiger charge is -2.06. The molecule has 0 aliphatic carbocycles. The number of halogens is 1. The molecule has 0 aliphatic rings. The Labute approximate surface area is 100 Å². The zero-order valence-corrected chi connectivity index (χ0v) is 9.83. The highest BCUT2D eigenvalue weighted by Crippen LogP contribution is 2.29. The maximum atomic E-state index is 6.11. The van der Waals surface area contributed by atoms with Gasteiger partial charge in [0.05, 0.1) is 5.02 Å². The molecule has 0 saturated heterocycles. The van der Waals surface area contributed by atoms with Crippen LogP contribution in [0.2, 0.25) is 5.02 Å². The Morgan fingerprint density at radius 2 is 2.12 bits per heavy atom. The van der Waals surface area contributed by atoms with Crippen LogP contribution in [0.1, 0.15) is 12.5 Å². The Kier molecular flexibility index (Phi) is 3.11. The number of nitrogen functional groups attached to an aromatic ring is 1. The third-order valence-corrected chi connectivity index (χ3v) is 2.82. The second-order valence-electron chi connectivity index (χ2n) is 3.64. The van der Waals surface area contributed by atoms with Crippen molar-refractivity contribution < 1.29 is 0 Å². The van der Waals surface area contributed by atoms with Gasteiger partial charge in [-0.1, -0.05) is 42.8 Å². The zero-order valence-electron chi connectivity index (χ0n) is 9.07. The molecule has 0 saturated carbocycles. The van der Waals surface area contributed by atoms with Gasteiger partial charge in [0.15, 0.2) is 0 Å². The topological polar surface area (TPSA) is 38.9 Å². The van der Waals surface area contributed by atoms with Crippen LogP contribution in [0.3, 0.4) is 0 Å². The van der Waals surface area contributed by atoms with E-state index in [1.165, 1.54) is 5.56 Å². The summed E-state index contributed by atoms with van der Waals surface area (Å²) in [4.78, 5) is 3.95. The van der Waals surface area contributed by atoms with E-state index in [0.717, 1.165) is 17.5 Å². The number of nitrogens with zero attached hydrogens (tertiary/aromatic N) is 1. The van der Waals surface area contributed by atoms with Gasteiger partial charge < -0.3 is 5.73 Å². The van der Waals surface area contributed by atoms with E-state index in [1.807, 2.05) is 12.1 Å². The molecule has 0 atom stereocenters. The van der Waals surface area contributed by atoms with Crippen LogP contribution in [-0.4, -0.2) is 4.98 Å². The number of hydrogen-bond donors (Lipinski definition) is 1. The van der Waals surface area contributed by atoms with E-state index in [1.54, 1.807) is 12.3 Å². The number of hydrogen-bond acceptors (Lipinski definition) is 2. The van der Waals surface area contributed by atoms with Crippen molar-refractivity contribution in [3.8, 4) is 11.1 Å². The molecule has 0 amide bonds. The molecule has 0 bridgehead atoms. The minimum Gasteiger partial charge on any atom is -0.384 e. The summed E-state index contributed by atoms with van der Waals surface area (Å²) in [6.45, 7) is 2.13. The quantitative estimate of drug-likeness (QED) is 0.860. The first-order valence-electron chi connectivity index (χ1n) is 5.21. The first-order valence-corrected chi connectivity index (χ1v) is 5.59. The third-order valence-electron chi connectivity index (χ3n) is 2.52. The molecule has 82 valence electrons. The summed E-state index contributed by atoms with van der Waals surface area (Å²) >= 11 is 6.11. The average Bonchev–Trinajstić information content (AvgIpc) is 2.32. The summed E-state index contributed by atoms with van der Waals surface area (Å²) in [6, 6.07) is 10.1. The van der Waals surface area contributed by atoms with E-state index in [0.29, 0.717) is 10.8 Å². The Hall–Kier alpha value is -1.54. The fourth-order valence-electron chi connectivity index (χ4n) is 1.63. The third kappa shape index (κ3) is 2.17. The lowest BCUT2D eigenvalue weighted by molar-refractivity contribution is 1.14. The van der Waals surface area contributed by atoms with Crippen LogP contribution in [-0.2, 0) is 6.42 Å². The first kappa shape index (κ1) is 11.0. The van der Waals surface area contributed by atoms with Gasteiger partial charge in [0.25, 0.3) is 0 Å². The maximum Gasteiger partial charge on any atom is 0.124 e. The predicted octanol–water partition coefficient (Wildman–Crippen LogP) is 3.55. The van der Waals surface area contributed by atoms with Gasteiger partial charge >= 0.3 is 0 Å². The van der Waals surface area contributed by atoms with Crippen LogP contribution in [0.15, 0.2) is 36.5 Å². The highest BCUT2D eigenvalue weighted by Gasteiger charge is 2.05. The van der Waals surface area contributed by atoms with Gasteiger partial charge in [-0.3, -0.25) is 0 Å². The standard InChI is InChI=1S/C13H13ClN2/c1-2-9-4-3-5-10(6-9)11-7-13(15)16-8-12(11)14/h3-8H,2H2,1H3,(H2,15,16). The molecule has 16 heavy (non-hydrogen) atoms. The normalized spacial score (nSPS) is 10.4. The van der Waals surface area contributed by atoms with E-state index in [2.05, 4.69) is 24.0 Å². The number of anilines is 1. The minimum absolute atomic E-state index is 0.487. The fraction of sp³-hybridized carbons (Fsp3) is 0.154. The van der Waals surface area contributed by atoms with Gasteiger partial charge in [0.1, 0.15) is 5.82 Å². The van der Waals surface area contributed by atoms with Gasteiger partial charge in [-0.15, -0.1) is 0 Å². The average molecular weight is 233 g/mol. The van der Waals surface area contributed by atoms with Crippen LogP contribution in [0.25, 0.3) is 11.1 Å². The fourth-order valence-corrected chi connectivity index (χ4v) is 1.85. The Morgan fingerprint density at radius 1 is 1.31 bits per heavy atom. The number of aromatic nitrogens is 1. The summed E-state index contributed by atoms with van der Waals surface area (Å²) in [5, 5.41) is 0.627. The second-order valence-corrected chi connectivity index (χ2v) is 4.05. The van der Waals surface area contributed by atoms with Crippen LogP contribution in [0.5, 0.6) is 0 Å². The Bertz CT molecular complexity index is 509. The van der Waals surface area contributed by atoms with Gasteiger partial charge in [0.2, 0.25) is 0 Å². The SMILES string of the molecule is CCc1cccc(-c2cc(N)ncc2Cl)c1. The molecule has 1 heterocycles. The van der Waals surface area contributed by atoms with Crippen molar-refractivity contribution >= 4 is 17.4 Å². The molecular formula is C13H13ClN2. The van der Waals surface area contributed by atoms with Crippen molar-refractivity contribution in [3.05, 3.63) is 47.1 Å². The summed E-state index contributed by atoms with van der Waals surface area (Å²) in [5.41, 5.74) is 8.96. The van der Waals surface area contributed by atoms with E-state index in [9.17, 15) is 0 Å². The van der Waals surface area contributed by atoms with Crippen LogP contribution < -0.4 is 5.73 Å². The predicted molar refractivity (Wildman–Crippen MR) is 68.5 cm³/mol. The summed E-state index contributed by atoms with van der Waals surface area (Å²) in [6.07, 6.45) is 2.59. The monoisotopic (exact) mass is 232 g/mol. The number of pyridine rings is 1.